The zero-order chi connectivity index (χ0) is 14.8. The molecule has 2 heterocycles. The molecule has 1 N–H and O–H groups in total. The summed E-state index contributed by atoms with van der Waals surface area (Å²) in [5.74, 6) is 1.03. The standard InChI is InChI=1S/C14H11BrN4O2/c1-21-12-7-6-11(8-16-12)19-13(17-14(20)18-19)9-2-4-10(15)5-3-9/h2-8H,1H3,(H,18,20). The van der Waals surface area contributed by atoms with Crippen LogP contribution in [0, 0.1) is 0 Å². The number of aromatic amines is 1. The fourth-order valence-electron chi connectivity index (χ4n) is 1.92. The fraction of sp³-hybridized carbons (Fsp3) is 0.0714. The topological polar surface area (TPSA) is 72.8 Å². The number of hydrogen-bond acceptors (Lipinski definition) is 4. The SMILES string of the molecule is COc1ccc(-n2[nH]c(=O)nc2-c2ccc(Br)cc2)cn1. The number of pyridine rings is 1. The maximum absolute atomic E-state index is 11.6. The molecule has 0 radical (unpaired) electrons. The quantitative estimate of drug-likeness (QED) is 0.790. The van der Waals surface area contributed by atoms with E-state index in [1.807, 2.05) is 24.3 Å². The minimum Gasteiger partial charge on any atom is -0.481 e. The number of aromatic nitrogens is 4. The summed E-state index contributed by atoms with van der Waals surface area (Å²) in [5, 5.41) is 2.67. The van der Waals surface area contributed by atoms with Gasteiger partial charge in [0.25, 0.3) is 0 Å². The molecule has 0 saturated heterocycles. The minimum atomic E-state index is -0.413. The van der Waals surface area contributed by atoms with Crippen molar-refractivity contribution in [3.8, 4) is 23.0 Å². The lowest BCUT2D eigenvalue weighted by Gasteiger charge is -2.07. The highest BCUT2D eigenvalue weighted by Crippen LogP contribution is 2.21. The summed E-state index contributed by atoms with van der Waals surface area (Å²) in [6, 6.07) is 11.1. The first-order valence-corrected chi connectivity index (χ1v) is 6.92. The van der Waals surface area contributed by atoms with Gasteiger partial charge in [0.1, 0.15) is 0 Å². The van der Waals surface area contributed by atoms with Crippen LogP contribution in [0.2, 0.25) is 0 Å². The van der Waals surface area contributed by atoms with Crippen molar-refractivity contribution >= 4 is 15.9 Å². The van der Waals surface area contributed by atoms with Gasteiger partial charge in [-0.15, -0.1) is 0 Å². The van der Waals surface area contributed by atoms with Crippen LogP contribution in [0.25, 0.3) is 17.1 Å². The molecule has 6 nitrogen and oxygen atoms in total. The van der Waals surface area contributed by atoms with Crippen molar-refractivity contribution in [2.45, 2.75) is 0 Å². The summed E-state index contributed by atoms with van der Waals surface area (Å²) in [6.45, 7) is 0. The summed E-state index contributed by atoms with van der Waals surface area (Å²) < 4.78 is 7.58. The second-order valence-electron chi connectivity index (χ2n) is 4.25. The van der Waals surface area contributed by atoms with Crippen LogP contribution in [-0.4, -0.2) is 26.9 Å². The second kappa shape index (κ2) is 5.53. The Morgan fingerprint density at radius 3 is 2.57 bits per heavy atom. The normalized spacial score (nSPS) is 10.6. The first kappa shape index (κ1) is 13.6. The lowest BCUT2D eigenvalue weighted by molar-refractivity contribution is 0.397. The van der Waals surface area contributed by atoms with Crippen LogP contribution in [-0.2, 0) is 0 Å². The first-order chi connectivity index (χ1) is 10.2. The molecule has 3 aromatic rings. The maximum Gasteiger partial charge on any atom is 0.362 e. The van der Waals surface area contributed by atoms with Gasteiger partial charge in [0.15, 0.2) is 5.82 Å². The van der Waals surface area contributed by atoms with Crippen LogP contribution >= 0.6 is 15.9 Å². The van der Waals surface area contributed by atoms with E-state index in [1.54, 1.807) is 30.1 Å². The van der Waals surface area contributed by atoms with Crippen molar-refractivity contribution in [1.82, 2.24) is 19.7 Å². The Bertz CT molecular complexity index is 806. The first-order valence-electron chi connectivity index (χ1n) is 6.13. The van der Waals surface area contributed by atoms with Gasteiger partial charge in [-0.05, 0) is 18.2 Å². The van der Waals surface area contributed by atoms with Crippen molar-refractivity contribution in [3.63, 3.8) is 0 Å². The Morgan fingerprint density at radius 1 is 1.19 bits per heavy atom. The summed E-state index contributed by atoms with van der Waals surface area (Å²) in [7, 11) is 1.55. The van der Waals surface area contributed by atoms with Gasteiger partial charge in [0, 0.05) is 16.1 Å². The van der Waals surface area contributed by atoms with E-state index in [1.165, 1.54) is 0 Å². The average Bonchev–Trinajstić information content (AvgIpc) is 2.90. The Kier molecular flexibility index (Phi) is 3.57. The third-order valence-corrected chi connectivity index (χ3v) is 3.45. The van der Waals surface area contributed by atoms with Gasteiger partial charge < -0.3 is 4.74 Å². The van der Waals surface area contributed by atoms with Crippen molar-refractivity contribution in [2.24, 2.45) is 0 Å². The smallest absolute Gasteiger partial charge is 0.362 e. The summed E-state index contributed by atoms with van der Waals surface area (Å²) in [5.41, 5.74) is 1.11. The van der Waals surface area contributed by atoms with Crippen LogP contribution < -0.4 is 10.4 Å². The minimum absolute atomic E-state index is 0.413. The second-order valence-corrected chi connectivity index (χ2v) is 5.17. The van der Waals surface area contributed by atoms with Gasteiger partial charge in [-0.3, -0.25) is 0 Å². The van der Waals surface area contributed by atoms with Gasteiger partial charge in [-0.2, -0.15) is 4.98 Å². The zero-order valence-corrected chi connectivity index (χ0v) is 12.7. The molecule has 21 heavy (non-hydrogen) atoms. The van der Waals surface area contributed by atoms with Gasteiger partial charge in [0.05, 0.1) is 19.0 Å². The fourth-order valence-corrected chi connectivity index (χ4v) is 2.19. The highest BCUT2D eigenvalue weighted by molar-refractivity contribution is 9.10. The summed E-state index contributed by atoms with van der Waals surface area (Å²) >= 11 is 3.38. The molecule has 3 rings (SSSR count). The van der Waals surface area contributed by atoms with Crippen LogP contribution in [0.5, 0.6) is 5.88 Å². The molecule has 0 saturated carbocycles. The van der Waals surface area contributed by atoms with Gasteiger partial charge in [0.2, 0.25) is 5.88 Å². The molecule has 0 aliphatic rings. The van der Waals surface area contributed by atoms with E-state index in [2.05, 4.69) is 31.0 Å². The van der Waals surface area contributed by atoms with E-state index in [-0.39, 0.29) is 0 Å². The Balaban J connectivity index is 2.10. The number of rotatable bonds is 3. The van der Waals surface area contributed by atoms with Crippen LogP contribution in [0.15, 0.2) is 51.9 Å². The monoisotopic (exact) mass is 346 g/mol. The molecule has 106 valence electrons. The molecule has 0 amide bonds. The largest absolute Gasteiger partial charge is 0.481 e. The molecule has 0 fully saturated rings. The van der Waals surface area contributed by atoms with Crippen LogP contribution in [0.4, 0.5) is 0 Å². The maximum atomic E-state index is 11.6. The molecule has 0 spiro atoms. The Morgan fingerprint density at radius 2 is 1.95 bits per heavy atom. The lowest BCUT2D eigenvalue weighted by Crippen LogP contribution is -2.05. The van der Waals surface area contributed by atoms with E-state index in [0.29, 0.717) is 17.4 Å². The molecule has 0 bridgehead atoms. The third kappa shape index (κ3) is 2.73. The number of methoxy groups -OCH3 is 1. The number of nitrogens with one attached hydrogen (secondary N) is 1. The highest BCUT2D eigenvalue weighted by atomic mass is 79.9. The number of halogens is 1. The number of H-pyrrole nitrogens is 1. The van der Waals surface area contributed by atoms with E-state index in [9.17, 15) is 4.79 Å². The molecule has 1 aromatic carbocycles. The van der Waals surface area contributed by atoms with Crippen molar-refractivity contribution in [1.29, 1.82) is 0 Å². The lowest BCUT2D eigenvalue weighted by atomic mass is 10.2. The molecular formula is C14H11BrN4O2. The predicted octanol–water partition coefficient (Wildman–Crippen LogP) is 2.39. The van der Waals surface area contributed by atoms with Gasteiger partial charge in [-0.1, -0.05) is 28.1 Å². The van der Waals surface area contributed by atoms with E-state index < -0.39 is 5.69 Å². The van der Waals surface area contributed by atoms with Crippen LogP contribution in [0.3, 0.4) is 0 Å². The summed E-state index contributed by atoms with van der Waals surface area (Å²) in [6.07, 6.45) is 1.61. The Hall–Kier alpha value is -2.41. The highest BCUT2D eigenvalue weighted by Gasteiger charge is 2.11. The van der Waals surface area contributed by atoms with Crippen molar-refractivity contribution in [2.75, 3.05) is 7.11 Å². The number of ether oxygens (including phenoxy) is 1. The number of hydrogen-bond donors (Lipinski definition) is 1. The van der Waals surface area contributed by atoms with E-state index in [0.717, 1.165) is 10.0 Å². The molecule has 7 heteroatoms. The molecule has 2 aromatic heterocycles. The number of nitrogens with zero attached hydrogens (tertiary/aromatic N) is 3. The molecule has 0 unspecified atom stereocenters. The van der Waals surface area contributed by atoms with Gasteiger partial charge >= 0.3 is 5.69 Å². The van der Waals surface area contributed by atoms with Crippen molar-refractivity contribution < 1.29 is 4.74 Å². The molecule has 0 aliphatic carbocycles. The van der Waals surface area contributed by atoms with E-state index in [4.69, 9.17) is 4.74 Å². The van der Waals surface area contributed by atoms with Gasteiger partial charge in [-0.25, -0.2) is 19.6 Å². The zero-order valence-electron chi connectivity index (χ0n) is 11.1. The van der Waals surface area contributed by atoms with E-state index >= 15 is 0 Å². The van der Waals surface area contributed by atoms with Crippen LogP contribution in [0.1, 0.15) is 0 Å². The molecule has 0 aliphatic heterocycles. The summed E-state index contributed by atoms with van der Waals surface area (Å²) in [4.78, 5) is 19.7. The number of benzene rings is 1. The predicted molar refractivity (Wildman–Crippen MR) is 81.7 cm³/mol. The molecule has 0 atom stereocenters. The third-order valence-electron chi connectivity index (χ3n) is 2.92. The van der Waals surface area contributed by atoms with Crippen molar-refractivity contribution in [3.05, 3.63) is 57.6 Å². The Labute approximate surface area is 128 Å². The average molecular weight is 347 g/mol. The molecular weight excluding hydrogens is 336 g/mol.